The summed E-state index contributed by atoms with van der Waals surface area (Å²) < 4.78 is 10.6. The number of ether oxygens (including phenoxy) is 2. The van der Waals surface area contributed by atoms with Crippen molar-refractivity contribution in [1.82, 2.24) is 0 Å². The van der Waals surface area contributed by atoms with Crippen molar-refractivity contribution in [3.05, 3.63) is 47.0 Å². The first-order valence-electron chi connectivity index (χ1n) is 8.77. The highest BCUT2D eigenvalue weighted by atomic mass is 35.5. The number of rotatable bonds is 5. The number of hydrogen-bond acceptors (Lipinski definition) is 5. The summed E-state index contributed by atoms with van der Waals surface area (Å²) in [5, 5.41) is 0.580. The summed E-state index contributed by atoms with van der Waals surface area (Å²) in [5.74, 6) is -0.363. The van der Waals surface area contributed by atoms with Crippen LogP contribution in [-0.4, -0.2) is 37.3 Å². The second-order valence-electron chi connectivity index (χ2n) is 6.39. The summed E-state index contributed by atoms with van der Waals surface area (Å²) in [6.45, 7) is 2.42. The van der Waals surface area contributed by atoms with Gasteiger partial charge in [0.15, 0.2) is 18.1 Å². The Labute approximate surface area is 172 Å². The number of amides is 2. The van der Waals surface area contributed by atoms with E-state index in [2.05, 4.69) is 6.92 Å². The Kier molecular flexibility index (Phi) is 6.36. The number of methoxy groups -OCH3 is 1. The van der Waals surface area contributed by atoms with Crippen LogP contribution in [0.15, 0.2) is 41.3 Å². The van der Waals surface area contributed by atoms with Crippen LogP contribution in [0.3, 0.4) is 0 Å². The second-order valence-corrected chi connectivity index (χ2v) is 8.27. The fourth-order valence-electron chi connectivity index (χ4n) is 2.98. The minimum atomic E-state index is -0.633. The van der Waals surface area contributed by atoms with Gasteiger partial charge in [-0.05, 0) is 30.7 Å². The molecule has 6 nitrogen and oxygen atoms in total. The Balaban J connectivity index is 1.96. The first-order chi connectivity index (χ1) is 13.4. The van der Waals surface area contributed by atoms with Gasteiger partial charge in [0.05, 0.1) is 17.8 Å². The monoisotopic (exact) mass is 420 g/mol. The first-order valence-corrected chi connectivity index (χ1v) is 10.0. The van der Waals surface area contributed by atoms with Gasteiger partial charge in [-0.2, -0.15) is 0 Å². The van der Waals surface area contributed by atoms with E-state index in [4.69, 9.17) is 26.8 Å². The molecule has 2 N–H and O–H groups in total. The Bertz CT molecular complexity index is 906. The molecular weight excluding hydrogens is 400 g/mol. The van der Waals surface area contributed by atoms with Crippen molar-refractivity contribution in [3.8, 4) is 11.5 Å². The Morgan fingerprint density at radius 2 is 2.07 bits per heavy atom. The van der Waals surface area contributed by atoms with E-state index in [1.807, 2.05) is 24.3 Å². The van der Waals surface area contributed by atoms with Gasteiger partial charge in [-0.15, -0.1) is 11.8 Å². The van der Waals surface area contributed by atoms with Crippen molar-refractivity contribution in [2.45, 2.75) is 23.5 Å². The van der Waals surface area contributed by atoms with Gasteiger partial charge < -0.3 is 20.1 Å². The van der Waals surface area contributed by atoms with Crippen LogP contribution in [0, 0.1) is 0 Å². The predicted molar refractivity (Wildman–Crippen MR) is 111 cm³/mol. The molecule has 148 valence electrons. The molecule has 1 aliphatic rings. The molecule has 0 radical (unpaired) electrons. The lowest BCUT2D eigenvalue weighted by Crippen LogP contribution is -2.32. The SMILES string of the molecule is COc1cc(C(=O)N2CCC(C)Sc3ccccc32)cc(Cl)c1OCC(N)=O. The lowest BCUT2D eigenvalue weighted by molar-refractivity contribution is -0.119. The summed E-state index contributed by atoms with van der Waals surface area (Å²) >= 11 is 8.07. The highest BCUT2D eigenvalue weighted by Gasteiger charge is 2.26. The van der Waals surface area contributed by atoms with Crippen LogP contribution in [-0.2, 0) is 4.79 Å². The largest absolute Gasteiger partial charge is 0.493 e. The molecule has 1 heterocycles. The number of benzene rings is 2. The number of nitrogens with two attached hydrogens (primary N) is 1. The summed E-state index contributed by atoms with van der Waals surface area (Å²) in [6.07, 6.45) is 0.871. The van der Waals surface area contributed by atoms with Gasteiger partial charge in [0.25, 0.3) is 11.8 Å². The molecule has 2 amide bonds. The van der Waals surface area contributed by atoms with Gasteiger partial charge in [0.2, 0.25) is 0 Å². The number of nitrogens with zero attached hydrogens (tertiary/aromatic N) is 1. The van der Waals surface area contributed by atoms with Crippen molar-refractivity contribution in [2.24, 2.45) is 5.73 Å². The van der Waals surface area contributed by atoms with E-state index >= 15 is 0 Å². The van der Waals surface area contributed by atoms with Crippen molar-refractivity contribution in [3.63, 3.8) is 0 Å². The number of hydrogen-bond donors (Lipinski definition) is 1. The Hall–Kier alpha value is -2.38. The average molecular weight is 421 g/mol. The second kappa shape index (κ2) is 8.75. The normalized spacial score (nSPS) is 16.1. The smallest absolute Gasteiger partial charge is 0.258 e. The highest BCUT2D eigenvalue weighted by molar-refractivity contribution is 8.00. The average Bonchev–Trinajstić information content (AvgIpc) is 2.83. The molecule has 2 aromatic carbocycles. The molecule has 1 atom stereocenters. The predicted octanol–water partition coefficient (Wildman–Crippen LogP) is 3.74. The van der Waals surface area contributed by atoms with Crippen molar-refractivity contribution in [2.75, 3.05) is 25.2 Å². The molecule has 0 aliphatic carbocycles. The molecule has 28 heavy (non-hydrogen) atoms. The van der Waals surface area contributed by atoms with E-state index in [1.54, 1.807) is 22.7 Å². The van der Waals surface area contributed by atoms with E-state index < -0.39 is 5.91 Å². The molecule has 2 aromatic rings. The number of carbonyl (C=O) groups excluding carboxylic acids is 2. The summed E-state index contributed by atoms with van der Waals surface area (Å²) in [5.41, 5.74) is 6.38. The zero-order valence-corrected chi connectivity index (χ0v) is 17.2. The van der Waals surface area contributed by atoms with Gasteiger partial charge in [-0.3, -0.25) is 9.59 Å². The lowest BCUT2D eigenvalue weighted by atomic mass is 10.1. The number of thioether (sulfide) groups is 1. The van der Waals surface area contributed by atoms with Crippen LogP contribution >= 0.6 is 23.4 Å². The molecule has 3 rings (SSSR count). The van der Waals surface area contributed by atoms with E-state index in [0.717, 1.165) is 17.0 Å². The van der Waals surface area contributed by atoms with Gasteiger partial charge in [-0.25, -0.2) is 0 Å². The molecular formula is C20H21ClN2O4S. The van der Waals surface area contributed by atoms with Crippen LogP contribution in [0.4, 0.5) is 5.69 Å². The minimum Gasteiger partial charge on any atom is -0.493 e. The van der Waals surface area contributed by atoms with Crippen LogP contribution in [0.25, 0.3) is 0 Å². The van der Waals surface area contributed by atoms with Crippen molar-refractivity contribution in [1.29, 1.82) is 0 Å². The van der Waals surface area contributed by atoms with Gasteiger partial charge in [0, 0.05) is 22.3 Å². The van der Waals surface area contributed by atoms with E-state index in [-0.39, 0.29) is 29.0 Å². The third-order valence-electron chi connectivity index (χ3n) is 4.32. The minimum absolute atomic E-state index is 0.176. The van der Waals surface area contributed by atoms with Crippen LogP contribution in [0.2, 0.25) is 5.02 Å². The molecule has 0 saturated heterocycles. The maximum atomic E-state index is 13.3. The van der Waals surface area contributed by atoms with Crippen molar-refractivity contribution < 1.29 is 19.1 Å². The first kappa shape index (κ1) is 20.4. The lowest BCUT2D eigenvalue weighted by Gasteiger charge is -2.23. The molecule has 8 heteroatoms. The van der Waals surface area contributed by atoms with Gasteiger partial charge in [-0.1, -0.05) is 30.7 Å². The number of carbonyl (C=O) groups is 2. The third kappa shape index (κ3) is 4.36. The van der Waals surface area contributed by atoms with Gasteiger partial charge >= 0.3 is 0 Å². The summed E-state index contributed by atoms with van der Waals surface area (Å²) in [4.78, 5) is 27.1. The summed E-state index contributed by atoms with van der Waals surface area (Å²) in [7, 11) is 1.44. The fourth-order valence-corrected chi connectivity index (χ4v) is 4.36. The number of anilines is 1. The van der Waals surface area contributed by atoms with E-state index in [9.17, 15) is 9.59 Å². The number of halogens is 1. The molecule has 0 bridgehead atoms. The Morgan fingerprint density at radius 1 is 1.32 bits per heavy atom. The number of fused-ring (bicyclic) bond motifs is 1. The standard InChI is InChI=1S/C20H21ClN2O4S/c1-12-7-8-23(15-5-3-4-6-17(15)28-12)20(25)13-9-14(21)19(16(10-13)26-2)27-11-18(22)24/h3-6,9-10,12H,7-8,11H2,1-2H3,(H2,22,24). The zero-order valence-electron chi connectivity index (χ0n) is 15.6. The summed E-state index contributed by atoms with van der Waals surface area (Å²) in [6, 6.07) is 10.9. The maximum Gasteiger partial charge on any atom is 0.258 e. The Morgan fingerprint density at radius 3 is 2.79 bits per heavy atom. The van der Waals surface area contributed by atoms with Crippen LogP contribution < -0.4 is 20.1 Å². The molecule has 0 aromatic heterocycles. The molecule has 1 unspecified atom stereocenters. The van der Waals surface area contributed by atoms with E-state index in [0.29, 0.717) is 17.4 Å². The van der Waals surface area contributed by atoms with E-state index in [1.165, 1.54) is 13.2 Å². The quantitative estimate of drug-likeness (QED) is 0.796. The highest BCUT2D eigenvalue weighted by Crippen LogP contribution is 2.40. The molecule has 0 fully saturated rings. The van der Waals surface area contributed by atoms with Crippen LogP contribution in [0.5, 0.6) is 11.5 Å². The molecule has 0 saturated carbocycles. The number of primary amides is 1. The molecule has 1 aliphatic heterocycles. The van der Waals surface area contributed by atoms with Gasteiger partial charge in [0.1, 0.15) is 0 Å². The third-order valence-corrected chi connectivity index (χ3v) is 5.84. The number of para-hydroxylation sites is 1. The fraction of sp³-hybridized carbons (Fsp3) is 0.300. The zero-order chi connectivity index (χ0) is 20.3. The van der Waals surface area contributed by atoms with Crippen LogP contribution in [0.1, 0.15) is 23.7 Å². The maximum absolute atomic E-state index is 13.3. The molecule has 0 spiro atoms. The van der Waals surface area contributed by atoms with Crippen molar-refractivity contribution >= 4 is 40.9 Å². The topological polar surface area (TPSA) is 81.9 Å².